The first kappa shape index (κ1) is 20.4. The topological polar surface area (TPSA) is 88.1 Å². The molecule has 7 nitrogen and oxygen atoms in total. The van der Waals surface area contributed by atoms with Crippen LogP contribution in [0.15, 0.2) is 53.4 Å². The largest absolute Gasteiger partial charge is 0.309 e. The number of pyridine rings is 1. The van der Waals surface area contributed by atoms with E-state index in [1.54, 1.807) is 6.07 Å². The smallest absolute Gasteiger partial charge is 0.243 e. The molecule has 9 heteroatoms. The fraction of sp³-hybridized carbons (Fsp3) is 0.286. The van der Waals surface area contributed by atoms with Crippen molar-refractivity contribution in [2.75, 3.05) is 11.9 Å². The van der Waals surface area contributed by atoms with Gasteiger partial charge in [0, 0.05) is 17.9 Å². The van der Waals surface area contributed by atoms with Crippen molar-refractivity contribution < 1.29 is 12.8 Å². The normalized spacial score (nSPS) is 17.2. The molecule has 1 atom stereocenters. The maximum atomic E-state index is 13.2. The first-order valence-electron chi connectivity index (χ1n) is 9.66. The molecule has 0 unspecified atom stereocenters. The lowest BCUT2D eigenvalue weighted by atomic mass is 10.1. The molecule has 4 rings (SSSR count). The standard InChI is InChI=1S/C21H22FN5O2S/c1-14-13-15(2)24-21(23-14)26-20-7-3-5-18(25-20)19-6-4-12-27(19)30(28,29)17-10-8-16(22)9-11-17/h3,5,7-11,13,19H,4,6,12H2,1-2H3,(H,23,24,25,26)/t19-/m0/s1. The molecule has 3 heterocycles. The van der Waals surface area contributed by atoms with Gasteiger partial charge in [0.1, 0.15) is 11.6 Å². The summed E-state index contributed by atoms with van der Waals surface area (Å²) in [6.07, 6.45) is 1.39. The van der Waals surface area contributed by atoms with E-state index in [1.165, 1.54) is 16.4 Å². The number of hydrogen-bond acceptors (Lipinski definition) is 6. The average molecular weight is 428 g/mol. The van der Waals surface area contributed by atoms with Gasteiger partial charge in [-0.15, -0.1) is 0 Å². The minimum absolute atomic E-state index is 0.0775. The third-order valence-corrected chi connectivity index (χ3v) is 6.88. The van der Waals surface area contributed by atoms with Crippen LogP contribution in [0, 0.1) is 19.7 Å². The summed E-state index contributed by atoms with van der Waals surface area (Å²) in [5, 5.41) is 3.10. The summed E-state index contributed by atoms with van der Waals surface area (Å²) in [4.78, 5) is 13.4. The molecule has 30 heavy (non-hydrogen) atoms. The van der Waals surface area contributed by atoms with E-state index in [1.807, 2.05) is 32.0 Å². The number of aromatic nitrogens is 3. The van der Waals surface area contributed by atoms with Crippen LogP contribution in [0.2, 0.25) is 0 Å². The Kier molecular flexibility index (Phi) is 5.48. The lowest BCUT2D eigenvalue weighted by Crippen LogP contribution is -2.31. The molecule has 0 spiro atoms. The van der Waals surface area contributed by atoms with Crippen molar-refractivity contribution in [1.29, 1.82) is 0 Å². The number of halogens is 1. The molecule has 1 fully saturated rings. The number of aryl methyl sites for hydroxylation is 2. The Labute approximate surface area is 175 Å². The maximum absolute atomic E-state index is 13.2. The third kappa shape index (κ3) is 4.17. The highest BCUT2D eigenvalue weighted by Crippen LogP contribution is 2.36. The Hall–Kier alpha value is -2.91. The van der Waals surface area contributed by atoms with E-state index >= 15 is 0 Å². The molecule has 0 amide bonds. The molecule has 1 aliphatic heterocycles. The van der Waals surface area contributed by atoms with Gasteiger partial charge >= 0.3 is 0 Å². The zero-order valence-corrected chi connectivity index (χ0v) is 17.5. The molecule has 0 bridgehead atoms. The van der Waals surface area contributed by atoms with Crippen molar-refractivity contribution in [2.24, 2.45) is 0 Å². The van der Waals surface area contributed by atoms with Crippen LogP contribution in [0.4, 0.5) is 16.2 Å². The summed E-state index contributed by atoms with van der Waals surface area (Å²) >= 11 is 0. The Bertz CT molecular complexity index is 1150. The predicted octanol–water partition coefficient (Wildman–Crippen LogP) is 3.90. The lowest BCUT2D eigenvalue weighted by molar-refractivity contribution is 0.390. The molecule has 2 aromatic heterocycles. The molecule has 156 valence electrons. The Morgan fingerprint density at radius 3 is 2.43 bits per heavy atom. The number of anilines is 2. The van der Waals surface area contributed by atoms with Gasteiger partial charge < -0.3 is 5.32 Å². The second-order valence-corrected chi connectivity index (χ2v) is 9.17. The lowest BCUT2D eigenvalue weighted by Gasteiger charge is -2.24. The van der Waals surface area contributed by atoms with E-state index in [0.717, 1.165) is 29.9 Å². The monoisotopic (exact) mass is 427 g/mol. The van der Waals surface area contributed by atoms with Gasteiger partial charge in [-0.2, -0.15) is 4.31 Å². The molecular weight excluding hydrogens is 405 g/mol. The van der Waals surface area contributed by atoms with Crippen LogP contribution in [0.3, 0.4) is 0 Å². The van der Waals surface area contributed by atoms with Crippen molar-refractivity contribution in [1.82, 2.24) is 19.3 Å². The molecule has 0 radical (unpaired) electrons. The van der Waals surface area contributed by atoms with E-state index < -0.39 is 15.8 Å². The van der Waals surface area contributed by atoms with Crippen LogP contribution in [0.25, 0.3) is 0 Å². The molecule has 1 aromatic carbocycles. The van der Waals surface area contributed by atoms with E-state index in [9.17, 15) is 12.8 Å². The van der Waals surface area contributed by atoms with Crippen LogP contribution < -0.4 is 5.32 Å². The molecule has 3 aromatic rings. The molecular formula is C21H22FN5O2S. The second kappa shape index (κ2) is 8.08. The summed E-state index contributed by atoms with van der Waals surface area (Å²) in [7, 11) is -3.75. The SMILES string of the molecule is Cc1cc(C)nc(Nc2cccc([C@@H]3CCCN3S(=O)(=O)c3ccc(F)cc3)n2)n1. The fourth-order valence-corrected chi connectivity index (χ4v) is 5.34. The van der Waals surface area contributed by atoms with Crippen LogP contribution in [0.1, 0.15) is 36.0 Å². The van der Waals surface area contributed by atoms with Gasteiger partial charge in [-0.05, 0) is 69.2 Å². The van der Waals surface area contributed by atoms with Crippen LogP contribution in [0.5, 0.6) is 0 Å². The number of sulfonamides is 1. The molecule has 1 N–H and O–H groups in total. The number of nitrogens with zero attached hydrogens (tertiary/aromatic N) is 4. The van der Waals surface area contributed by atoms with Gasteiger partial charge in [0.25, 0.3) is 0 Å². The Morgan fingerprint density at radius 1 is 1.03 bits per heavy atom. The molecule has 1 saturated heterocycles. The minimum atomic E-state index is -3.75. The van der Waals surface area contributed by atoms with E-state index in [0.29, 0.717) is 30.4 Å². The van der Waals surface area contributed by atoms with Crippen molar-refractivity contribution in [3.8, 4) is 0 Å². The van der Waals surface area contributed by atoms with Gasteiger partial charge in [0.2, 0.25) is 16.0 Å². The van der Waals surface area contributed by atoms with E-state index in [2.05, 4.69) is 20.3 Å². The number of rotatable bonds is 5. The summed E-state index contributed by atoms with van der Waals surface area (Å²) in [6, 6.07) is 11.8. The zero-order chi connectivity index (χ0) is 21.3. The quantitative estimate of drug-likeness (QED) is 0.665. The van der Waals surface area contributed by atoms with Gasteiger partial charge in [-0.25, -0.2) is 27.8 Å². The van der Waals surface area contributed by atoms with Gasteiger partial charge in [0.05, 0.1) is 16.6 Å². The number of nitrogens with one attached hydrogen (secondary N) is 1. The Morgan fingerprint density at radius 2 is 1.73 bits per heavy atom. The minimum Gasteiger partial charge on any atom is -0.309 e. The van der Waals surface area contributed by atoms with E-state index in [-0.39, 0.29) is 10.9 Å². The van der Waals surface area contributed by atoms with Gasteiger partial charge in [-0.3, -0.25) is 0 Å². The molecule has 1 aliphatic rings. The van der Waals surface area contributed by atoms with Crippen molar-refractivity contribution in [2.45, 2.75) is 37.6 Å². The first-order valence-corrected chi connectivity index (χ1v) is 11.1. The highest BCUT2D eigenvalue weighted by molar-refractivity contribution is 7.89. The van der Waals surface area contributed by atoms with Crippen LogP contribution in [-0.2, 0) is 10.0 Å². The van der Waals surface area contributed by atoms with Crippen molar-refractivity contribution >= 4 is 21.8 Å². The van der Waals surface area contributed by atoms with Crippen molar-refractivity contribution in [3.63, 3.8) is 0 Å². The second-order valence-electron chi connectivity index (χ2n) is 7.27. The molecule has 0 aliphatic carbocycles. The maximum Gasteiger partial charge on any atom is 0.243 e. The average Bonchev–Trinajstić information content (AvgIpc) is 3.18. The van der Waals surface area contributed by atoms with Crippen molar-refractivity contribution in [3.05, 3.63) is 71.4 Å². The summed E-state index contributed by atoms with van der Waals surface area (Å²) in [5.41, 5.74) is 2.33. The van der Waals surface area contributed by atoms with Gasteiger partial charge in [0.15, 0.2) is 0 Å². The number of benzene rings is 1. The van der Waals surface area contributed by atoms with E-state index in [4.69, 9.17) is 0 Å². The summed E-state index contributed by atoms with van der Waals surface area (Å²) in [5.74, 6) is 0.517. The zero-order valence-electron chi connectivity index (χ0n) is 16.7. The predicted molar refractivity (Wildman–Crippen MR) is 111 cm³/mol. The summed E-state index contributed by atoms with van der Waals surface area (Å²) < 4.78 is 40.9. The highest BCUT2D eigenvalue weighted by Gasteiger charge is 2.37. The Balaban J connectivity index is 1.61. The highest BCUT2D eigenvalue weighted by atomic mass is 32.2. The van der Waals surface area contributed by atoms with Crippen LogP contribution in [-0.4, -0.2) is 34.2 Å². The van der Waals surface area contributed by atoms with Crippen LogP contribution >= 0.6 is 0 Å². The fourth-order valence-electron chi connectivity index (χ4n) is 3.67. The summed E-state index contributed by atoms with van der Waals surface area (Å²) in [6.45, 7) is 4.17. The third-order valence-electron chi connectivity index (χ3n) is 4.96. The van der Waals surface area contributed by atoms with Gasteiger partial charge in [-0.1, -0.05) is 6.07 Å². The molecule has 0 saturated carbocycles. The first-order chi connectivity index (χ1) is 14.3. The number of hydrogen-bond donors (Lipinski definition) is 1.